The Morgan fingerprint density at radius 3 is 1.74 bits per heavy atom. The summed E-state index contributed by atoms with van der Waals surface area (Å²) in [4.78, 5) is 36.0. The fourth-order valence-electron chi connectivity index (χ4n) is 5.10. The van der Waals surface area contributed by atoms with Crippen molar-refractivity contribution in [3.8, 4) is 0 Å². The van der Waals surface area contributed by atoms with Crippen molar-refractivity contribution in [1.29, 1.82) is 0 Å². The number of carboxylic acid groups (broad SMARTS) is 2. The van der Waals surface area contributed by atoms with Crippen LogP contribution >= 0.6 is 0 Å². The number of likely N-dealkylation sites (N-methyl/N-ethyl adjacent to an activating group) is 1. The second-order valence-electron chi connectivity index (χ2n) is 9.52. The molecule has 0 spiro atoms. The van der Waals surface area contributed by atoms with Crippen molar-refractivity contribution in [3.63, 3.8) is 0 Å². The molecule has 1 aromatic carbocycles. The van der Waals surface area contributed by atoms with E-state index in [1.54, 1.807) is 0 Å². The first-order chi connectivity index (χ1) is 16.3. The third-order valence-corrected chi connectivity index (χ3v) is 6.83. The number of amides is 1. The highest BCUT2D eigenvalue weighted by atomic mass is 16.4. The van der Waals surface area contributed by atoms with Crippen molar-refractivity contribution in [2.75, 3.05) is 27.2 Å². The van der Waals surface area contributed by atoms with Crippen molar-refractivity contribution in [3.05, 3.63) is 35.9 Å². The number of nitrogens with one attached hydrogen (secondary N) is 1. The van der Waals surface area contributed by atoms with Gasteiger partial charge in [-0.05, 0) is 45.3 Å². The van der Waals surface area contributed by atoms with E-state index in [4.69, 9.17) is 19.8 Å². The Labute approximate surface area is 203 Å². The highest BCUT2D eigenvalue weighted by Crippen LogP contribution is 2.30. The summed E-state index contributed by atoms with van der Waals surface area (Å²) in [6, 6.07) is 11.8. The lowest BCUT2D eigenvalue weighted by Crippen LogP contribution is -2.52. The van der Waals surface area contributed by atoms with Crippen LogP contribution in [0.1, 0.15) is 75.8 Å². The molecule has 1 aromatic rings. The van der Waals surface area contributed by atoms with E-state index in [0.717, 1.165) is 6.54 Å². The Bertz CT molecular complexity index is 729. The van der Waals surface area contributed by atoms with Gasteiger partial charge in [0.25, 0.3) is 0 Å². The minimum atomic E-state index is -1.82. The van der Waals surface area contributed by atoms with E-state index < -0.39 is 11.9 Å². The van der Waals surface area contributed by atoms with Crippen molar-refractivity contribution in [1.82, 2.24) is 15.1 Å². The highest BCUT2D eigenvalue weighted by Gasteiger charge is 2.32. The van der Waals surface area contributed by atoms with Gasteiger partial charge in [0.15, 0.2) is 0 Å². The zero-order valence-electron chi connectivity index (χ0n) is 20.6. The second-order valence-corrected chi connectivity index (χ2v) is 9.52. The molecule has 2 aliphatic rings. The number of benzene rings is 1. The van der Waals surface area contributed by atoms with E-state index >= 15 is 0 Å². The third kappa shape index (κ3) is 9.06. The molecule has 2 saturated carbocycles. The second kappa shape index (κ2) is 14.7. The van der Waals surface area contributed by atoms with Crippen LogP contribution in [0.3, 0.4) is 0 Å². The van der Waals surface area contributed by atoms with Gasteiger partial charge >= 0.3 is 11.9 Å². The predicted octanol–water partition coefficient (Wildman–Crippen LogP) is 3.53. The molecule has 190 valence electrons. The Morgan fingerprint density at radius 1 is 0.853 bits per heavy atom. The summed E-state index contributed by atoms with van der Waals surface area (Å²) < 4.78 is 0. The number of nitrogens with zero attached hydrogens (tertiary/aromatic N) is 2. The molecular formula is C26H41N3O5. The summed E-state index contributed by atoms with van der Waals surface area (Å²) in [6.07, 6.45) is 12.6. The number of carbonyl (C=O) groups excluding carboxylic acids is 1. The van der Waals surface area contributed by atoms with Crippen molar-refractivity contribution in [2.24, 2.45) is 0 Å². The largest absolute Gasteiger partial charge is 0.473 e. The minimum absolute atomic E-state index is 0.284. The normalized spacial score (nSPS) is 18.0. The third-order valence-electron chi connectivity index (χ3n) is 6.83. The zero-order valence-corrected chi connectivity index (χ0v) is 20.6. The molecule has 1 atom stereocenters. The first-order valence-corrected chi connectivity index (χ1v) is 12.5. The molecule has 0 aliphatic heterocycles. The summed E-state index contributed by atoms with van der Waals surface area (Å²) in [5.41, 5.74) is 1.30. The number of hydrogen-bond acceptors (Lipinski definition) is 5. The quantitative estimate of drug-likeness (QED) is 0.493. The molecular weight excluding hydrogens is 434 g/mol. The molecule has 0 heterocycles. The van der Waals surface area contributed by atoms with Crippen LogP contribution in [0.25, 0.3) is 0 Å². The van der Waals surface area contributed by atoms with Crippen molar-refractivity contribution in [2.45, 2.75) is 82.3 Å². The van der Waals surface area contributed by atoms with Crippen molar-refractivity contribution >= 4 is 17.8 Å². The summed E-state index contributed by atoms with van der Waals surface area (Å²) in [5.74, 6) is -3.32. The van der Waals surface area contributed by atoms with Gasteiger partial charge in [0.05, 0.1) is 6.54 Å². The van der Waals surface area contributed by atoms with Crippen LogP contribution in [0.15, 0.2) is 30.3 Å². The van der Waals surface area contributed by atoms with Crippen LogP contribution in [0.2, 0.25) is 0 Å². The lowest BCUT2D eigenvalue weighted by Gasteiger charge is -2.42. The molecule has 8 heteroatoms. The maximum absolute atomic E-state index is 13.3. The van der Waals surface area contributed by atoms with E-state index in [-0.39, 0.29) is 6.04 Å². The monoisotopic (exact) mass is 475 g/mol. The number of hydrogen-bond donors (Lipinski definition) is 3. The van der Waals surface area contributed by atoms with Crippen LogP contribution in [0, 0.1) is 0 Å². The van der Waals surface area contributed by atoms with Gasteiger partial charge in [-0.15, -0.1) is 0 Å². The summed E-state index contributed by atoms with van der Waals surface area (Å²) in [7, 11) is 4.22. The van der Waals surface area contributed by atoms with Gasteiger partial charge in [0, 0.05) is 24.7 Å². The summed E-state index contributed by atoms with van der Waals surface area (Å²) in [5, 5.41) is 18.3. The molecule has 34 heavy (non-hydrogen) atoms. The molecule has 1 unspecified atom stereocenters. The van der Waals surface area contributed by atoms with Gasteiger partial charge in [0.1, 0.15) is 0 Å². The molecule has 8 nitrogen and oxygen atoms in total. The maximum atomic E-state index is 13.3. The van der Waals surface area contributed by atoms with E-state index in [1.165, 1.54) is 69.8 Å². The van der Waals surface area contributed by atoms with E-state index in [9.17, 15) is 4.79 Å². The minimum Gasteiger partial charge on any atom is -0.473 e. The van der Waals surface area contributed by atoms with Crippen LogP contribution in [0.4, 0.5) is 0 Å². The molecule has 2 fully saturated rings. The molecule has 0 bridgehead atoms. The molecule has 1 amide bonds. The smallest absolute Gasteiger partial charge is 0.414 e. The molecule has 3 rings (SSSR count). The van der Waals surface area contributed by atoms with Crippen LogP contribution in [0.5, 0.6) is 0 Å². The van der Waals surface area contributed by atoms with Gasteiger partial charge in [-0.3, -0.25) is 4.79 Å². The van der Waals surface area contributed by atoms with Gasteiger partial charge < -0.3 is 25.3 Å². The predicted molar refractivity (Wildman–Crippen MR) is 132 cm³/mol. The molecule has 0 saturated heterocycles. The van der Waals surface area contributed by atoms with E-state index in [2.05, 4.69) is 59.5 Å². The topological polar surface area (TPSA) is 110 Å². The Balaban J connectivity index is 0.000000604. The molecule has 0 aromatic heterocycles. The SMILES string of the molecule is CN(C)C(CNCC(=O)N(C1CCCCC1)C1CCCCC1)c1ccccc1.O=C(O)C(=O)O. The maximum Gasteiger partial charge on any atom is 0.414 e. The highest BCUT2D eigenvalue weighted by molar-refractivity contribution is 6.27. The fourth-order valence-corrected chi connectivity index (χ4v) is 5.10. The molecule has 2 aliphatic carbocycles. The lowest BCUT2D eigenvalue weighted by atomic mass is 9.88. The summed E-state index contributed by atoms with van der Waals surface area (Å²) >= 11 is 0. The number of carboxylic acids is 2. The van der Waals surface area contributed by atoms with E-state index in [0.29, 0.717) is 24.5 Å². The van der Waals surface area contributed by atoms with Gasteiger partial charge in [-0.1, -0.05) is 68.9 Å². The Morgan fingerprint density at radius 2 is 1.32 bits per heavy atom. The van der Waals surface area contributed by atoms with Gasteiger partial charge in [-0.2, -0.15) is 0 Å². The first kappa shape index (κ1) is 27.8. The van der Waals surface area contributed by atoms with Crippen molar-refractivity contribution < 1.29 is 24.6 Å². The van der Waals surface area contributed by atoms with Gasteiger partial charge in [-0.25, -0.2) is 9.59 Å². The number of aliphatic carboxylic acids is 2. The lowest BCUT2D eigenvalue weighted by molar-refractivity contribution is -0.159. The fraction of sp³-hybridized carbons (Fsp3) is 0.654. The van der Waals surface area contributed by atoms with Crippen LogP contribution < -0.4 is 5.32 Å². The van der Waals surface area contributed by atoms with E-state index in [1.807, 2.05) is 0 Å². The van der Waals surface area contributed by atoms with Crippen LogP contribution in [-0.2, 0) is 14.4 Å². The molecule has 3 N–H and O–H groups in total. The van der Waals surface area contributed by atoms with Crippen LogP contribution in [-0.4, -0.2) is 77.1 Å². The average Bonchev–Trinajstić information content (AvgIpc) is 2.84. The molecule has 0 radical (unpaired) electrons. The first-order valence-electron chi connectivity index (χ1n) is 12.5. The standard InChI is InChI=1S/C24H39N3O.C2H2O4/c1-26(2)23(20-12-6-3-7-13-20)18-25-19-24(28)27(21-14-8-4-9-15-21)22-16-10-5-11-17-22;3-1(4)2(5)6/h3,6-7,12-13,21-23,25H,4-5,8-11,14-19H2,1-2H3;(H,3,4)(H,5,6). The Hall–Kier alpha value is -2.45. The Kier molecular flexibility index (Phi) is 12.0. The number of rotatable bonds is 8. The average molecular weight is 476 g/mol. The summed E-state index contributed by atoms with van der Waals surface area (Å²) in [6.45, 7) is 1.26. The van der Waals surface area contributed by atoms with Gasteiger partial charge in [0.2, 0.25) is 5.91 Å². The number of carbonyl (C=O) groups is 3. The zero-order chi connectivity index (χ0) is 24.9.